The fourth-order valence-corrected chi connectivity index (χ4v) is 1.27. The van der Waals surface area contributed by atoms with Crippen LogP contribution < -0.4 is 5.73 Å². The molecule has 1 aromatic heterocycles. The summed E-state index contributed by atoms with van der Waals surface area (Å²) in [4.78, 5) is 3.98. The quantitative estimate of drug-likeness (QED) is 0.679. The van der Waals surface area contributed by atoms with E-state index in [1.54, 1.807) is 18.2 Å². The third kappa shape index (κ3) is 1.48. The zero-order valence-electron chi connectivity index (χ0n) is 6.66. The summed E-state index contributed by atoms with van der Waals surface area (Å²) in [5.74, 6) is 0.623. The number of nitrogen functional groups attached to an aromatic ring is 1. The van der Waals surface area contributed by atoms with Gasteiger partial charge in [-0.1, -0.05) is 11.6 Å². The van der Waals surface area contributed by atoms with E-state index in [1.165, 1.54) is 6.33 Å². The van der Waals surface area contributed by atoms with Crippen molar-refractivity contribution in [1.29, 1.82) is 0 Å². The first-order valence-corrected chi connectivity index (χ1v) is 4.06. The normalized spacial score (nSPS) is 10.2. The van der Waals surface area contributed by atoms with Gasteiger partial charge in [0.05, 0.1) is 5.02 Å². The number of nitrogens with zero attached hydrogens (tertiary/aromatic N) is 2. The maximum atomic E-state index is 5.94. The number of nitrogens with two attached hydrogens (primary N) is 1. The van der Waals surface area contributed by atoms with Gasteiger partial charge in [-0.2, -0.15) is 5.10 Å². The first-order valence-electron chi connectivity index (χ1n) is 3.68. The second kappa shape index (κ2) is 3.06. The van der Waals surface area contributed by atoms with Crippen molar-refractivity contribution in [3.05, 3.63) is 29.5 Å². The Morgan fingerprint density at radius 2 is 2.23 bits per heavy atom. The Labute approximate surface area is 79.7 Å². The molecule has 2 aromatic rings. The maximum Gasteiger partial charge on any atom is 0.157 e. The molecule has 1 heterocycles. The number of aromatic amines is 1. The Balaban J connectivity index is 2.57. The molecule has 5 heteroatoms. The summed E-state index contributed by atoms with van der Waals surface area (Å²) in [6.45, 7) is 0. The molecule has 4 nitrogen and oxygen atoms in total. The van der Waals surface area contributed by atoms with E-state index in [9.17, 15) is 0 Å². The number of hydrogen-bond donors (Lipinski definition) is 2. The minimum atomic E-state index is 0.603. The Kier molecular flexibility index (Phi) is 1.90. The van der Waals surface area contributed by atoms with E-state index in [4.69, 9.17) is 17.3 Å². The zero-order valence-corrected chi connectivity index (χ0v) is 7.42. The Morgan fingerprint density at radius 1 is 1.38 bits per heavy atom. The van der Waals surface area contributed by atoms with Crippen LogP contribution in [0.3, 0.4) is 0 Å². The molecule has 66 valence electrons. The monoisotopic (exact) mass is 194 g/mol. The fourth-order valence-electron chi connectivity index (χ4n) is 1.06. The number of aromatic nitrogens is 3. The van der Waals surface area contributed by atoms with E-state index in [-0.39, 0.29) is 0 Å². The van der Waals surface area contributed by atoms with Crippen LogP contribution in [-0.2, 0) is 0 Å². The molecular weight excluding hydrogens is 188 g/mol. The zero-order chi connectivity index (χ0) is 9.26. The summed E-state index contributed by atoms with van der Waals surface area (Å²) in [7, 11) is 0. The highest BCUT2D eigenvalue weighted by atomic mass is 35.5. The van der Waals surface area contributed by atoms with Crippen molar-refractivity contribution in [3.63, 3.8) is 0 Å². The smallest absolute Gasteiger partial charge is 0.157 e. The molecule has 0 aliphatic heterocycles. The van der Waals surface area contributed by atoms with Gasteiger partial charge in [-0.15, -0.1) is 0 Å². The number of hydrogen-bond acceptors (Lipinski definition) is 3. The van der Waals surface area contributed by atoms with Gasteiger partial charge in [-0.3, -0.25) is 5.10 Å². The molecule has 0 spiro atoms. The molecule has 0 saturated carbocycles. The van der Waals surface area contributed by atoms with Gasteiger partial charge in [0.15, 0.2) is 5.82 Å². The molecule has 13 heavy (non-hydrogen) atoms. The largest absolute Gasteiger partial charge is 0.399 e. The molecule has 0 aliphatic carbocycles. The minimum absolute atomic E-state index is 0.603. The van der Waals surface area contributed by atoms with Crippen LogP contribution in [0.25, 0.3) is 11.4 Å². The van der Waals surface area contributed by atoms with Crippen LogP contribution in [0.5, 0.6) is 0 Å². The first-order chi connectivity index (χ1) is 6.27. The van der Waals surface area contributed by atoms with Crippen molar-refractivity contribution < 1.29 is 0 Å². The Morgan fingerprint density at radius 3 is 2.92 bits per heavy atom. The molecule has 1 aromatic carbocycles. The molecule has 0 fully saturated rings. The van der Waals surface area contributed by atoms with Crippen molar-refractivity contribution in [2.75, 3.05) is 5.73 Å². The van der Waals surface area contributed by atoms with Crippen molar-refractivity contribution in [3.8, 4) is 11.4 Å². The highest BCUT2D eigenvalue weighted by Gasteiger charge is 2.05. The van der Waals surface area contributed by atoms with Gasteiger partial charge in [-0.25, -0.2) is 4.98 Å². The summed E-state index contributed by atoms with van der Waals surface area (Å²) in [5, 5.41) is 7.06. The van der Waals surface area contributed by atoms with Gasteiger partial charge in [0, 0.05) is 11.3 Å². The second-order valence-corrected chi connectivity index (χ2v) is 2.98. The van der Waals surface area contributed by atoms with E-state index < -0.39 is 0 Å². The molecule has 3 N–H and O–H groups in total. The average Bonchev–Trinajstić information content (AvgIpc) is 2.61. The van der Waals surface area contributed by atoms with Gasteiger partial charge in [0.2, 0.25) is 0 Å². The van der Waals surface area contributed by atoms with E-state index in [2.05, 4.69) is 15.2 Å². The highest BCUT2D eigenvalue weighted by molar-refractivity contribution is 6.33. The van der Waals surface area contributed by atoms with Crippen LogP contribution >= 0.6 is 11.6 Å². The summed E-state index contributed by atoms with van der Waals surface area (Å²) in [6, 6.07) is 5.22. The maximum absolute atomic E-state index is 5.94. The fraction of sp³-hybridized carbons (Fsp3) is 0. The lowest BCUT2D eigenvalue weighted by molar-refractivity contribution is 1.10. The molecule has 0 bridgehead atoms. The lowest BCUT2D eigenvalue weighted by Gasteiger charge is -2.00. The lowest BCUT2D eigenvalue weighted by Crippen LogP contribution is -1.88. The van der Waals surface area contributed by atoms with E-state index >= 15 is 0 Å². The summed E-state index contributed by atoms with van der Waals surface area (Å²) < 4.78 is 0. The van der Waals surface area contributed by atoms with Crippen LogP contribution in [0.2, 0.25) is 5.02 Å². The van der Waals surface area contributed by atoms with Crippen LogP contribution in [0.1, 0.15) is 0 Å². The molecule has 0 amide bonds. The van der Waals surface area contributed by atoms with Crippen molar-refractivity contribution in [2.24, 2.45) is 0 Å². The average molecular weight is 195 g/mol. The molecule has 0 aliphatic rings. The van der Waals surface area contributed by atoms with Gasteiger partial charge in [0.1, 0.15) is 6.33 Å². The van der Waals surface area contributed by atoms with Gasteiger partial charge < -0.3 is 5.73 Å². The molecule has 0 atom stereocenters. The van der Waals surface area contributed by atoms with Gasteiger partial charge >= 0.3 is 0 Å². The molecule has 0 radical (unpaired) electrons. The number of rotatable bonds is 1. The van der Waals surface area contributed by atoms with Crippen LogP contribution in [0.4, 0.5) is 5.69 Å². The lowest BCUT2D eigenvalue weighted by atomic mass is 10.2. The molecule has 2 rings (SSSR count). The second-order valence-electron chi connectivity index (χ2n) is 2.57. The third-order valence-electron chi connectivity index (χ3n) is 1.66. The predicted octanol–water partition coefficient (Wildman–Crippen LogP) is 1.71. The number of halogens is 1. The number of anilines is 1. The Hall–Kier alpha value is -1.55. The predicted molar refractivity (Wildman–Crippen MR) is 51.2 cm³/mol. The van der Waals surface area contributed by atoms with Crippen molar-refractivity contribution in [2.45, 2.75) is 0 Å². The van der Waals surface area contributed by atoms with Crippen LogP contribution in [-0.4, -0.2) is 15.2 Å². The topological polar surface area (TPSA) is 67.6 Å². The first kappa shape index (κ1) is 8.07. The Bertz CT molecular complexity index is 410. The van der Waals surface area contributed by atoms with Crippen molar-refractivity contribution in [1.82, 2.24) is 15.2 Å². The number of nitrogens with one attached hydrogen (secondary N) is 1. The third-order valence-corrected chi connectivity index (χ3v) is 1.99. The van der Waals surface area contributed by atoms with Crippen LogP contribution in [0.15, 0.2) is 24.5 Å². The SMILES string of the molecule is Nc1ccc(Cl)c(-c2ncn[nH]2)c1. The van der Waals surface area contributed by atoms with E-state index in [1.807, 2.05) is 0 Å². The van der Waals surface area contributed by atoms with Crippen LogP contribution in [0, 0.1) is 0 Å². The minimum Gasteiger partial charge on any atom is -0.399 e. The van der Waals surface area contributed by atoms with Crippen molar-refractivity contribution >= 4 is 17.3 Å². The number of benzene rings is 1. The van der Waals surface area contributed by atoms with E-state index in [0.717, 1.165) is 5.56 Å². The summed E-state index contributed by atoms with van der Waals surface area (Å²) >= 11 is 5.94. The summed E-state index contributed by atoms with van der Waals surface area (Å²) in [5.41, 5.74) is 7.02. The van der Waals surface area contributed by atoms with Gasteiger partial charge in [0.25, 0.3) is 0 Å². The molecule has 0 unspecified atom stereocenters. The molecular formula is C8H7ClN4. The molecule has 0 saturated heterocycles. The highest BCUT2D eigenvalue weighted by Crippen LogP contribution is 2.26. The standard InChI is InChI=1S/C8H7ClN4/c9-7-2-1-5(10)3-6(7)8-11-4-12-13-8/h1-4H,10H2,(H,11,12,13). The number of H-pyrrole nitrogens is 1. The van der Waals surface area contributed by atoms with E-state index in [0.29, 0.717) is 16.5 Å². The van der Waals surface area contributed by atoms with Gasteiger partial charge in [-0.05, 0) is 18.2 Å². The summed E-state index contributed by atoms with van der Waals surface area (Å²) in [6.07, 6.45) is 1.43.